The summed E-state index contributed by atoms with van der Waals surface area (Å²) in [4.78, 5) is 28.1. The first kappa shape index (κ1) is 16.5. The van der Waals surface area contributed by atoms with Crippen LogP contribution in [-0.2, 0) is 16.0 Å². The number of unbranched alkanes of at least 4 members (excludes halogenated alkanes) is 1. The summed E-state index contributed by atoms with van der Waals surface area (Å²) in [6.07, 6.45) is 3.30. The lowest BCUT2D eigenvalue weighted by atomic mass is 10.1. The molecule has 1 aromatic rings. The van der Waals surface area contributed by atoms with Gasteiger partial charge in [-0.05, 0) is 18.4 Å². The van der Waals surface area contributed by atoms with Crippen molar-refractivity contribution in [3.8, 4) is 0 Å². The van der Waals surface area contributed by atoms with E-state index in [1.54, 1.807) is 4.90 Å². The molecular weight excluding hydrogens is 276 g/mol. The quantitative estimate of drug-likeness (QED) is 0.775. The summed E-state index contributed by atoms with van der Waals surface area (Å²) in [5.74, 6) is 0.0623. The lowest BCUT2D eigenvalue weighted by molar-refractivity contribution is -0.134. The van der Waals surface area contributed by atoms with E-state index in [0.29, 0.717) is 19.5 Å². The fourth-order valence-corrected chi connectivity index (χ4v) is 2.88. The molecule has 0 N–H and O–H groups in total. The first-order valence-electron chi connectivity index (χ1n) is 8.18. The monoisotopic (exact) mass is 302 g/mol. The Labute approximate surface area is 133 Å². The minimum absolute atomic E-state index is 0.109. The number of amides is 2. The zero-order valence-corrected chi connectivity index (χ0v) is 13.6. The highest BCUT2D eigenvalue weighted by atomic mass is 16.2. The van der Waals surface area contributed by atoms with Crippen molar-refractivity contribution >= 4 is 11.8 Å². The van der Waals surface area contributed by atoms with E-state index in [9.17, 15) is 9.59 Å². The Morgan fingerprint density at radius 1 is 1.32 bits per heavy atom. The maximum absolute atomic E-state index is 12.4. The van der Waals surface area contributed by atoms with Gasteiger partial charge in [-0.3, -0.25) is 9.59 Å². The second-order valence-corrected chi connectivity index (χ2v) is 6.09. The van der Waals surface area contributed by atoms with E-state index in [2.05, 4.69) is 19.1 Å². The van der Waals surface area contributed by atoms with Gasteiger partial charge in [-0.15, -0.1) is 0 Å². The van der Waals surface area contributed by atoms with Crippen LogP contribution >= 0.6 is 0 Å². The normalized spacial score (nSPS) is 17.8. The number of carbonyl (C=O) groups is 2. The molecule has 1 aliphatic heterocycles. The SMILES string of the molecule is CCCCN(C)C(=O)C1CC(=O)N(CCc2ccccc2)C1. The van der Waals surface area contributed by atoms with Crippen LogP contribution in [0, 0.1) is 5.92 Å². The molecule has 0 spiro atoms. The zero-order valence-electron chi connectivity index (χ0n) is 13.6. The Kier molecular flexibility index (Phi) is 5.99. The summed E-state index contributed by atoms with van der Waals surface area (Å²) >= 11 is 0. The van der Waals surface area contributed by atoms with Gasteiger partial charge >= 0.3 is 0 Å². The van der Waals surface area contributed by atoms with Gasteiger partial charge < -0.3 is 9.80 Å². The van der Waals surface area contributed by atoms with Gasteiger partial charge in [-0.25, -0.2) is 0 Å². The molecule has 0 saturated carbocycles. The first-order chi connectivity index (χ1) is 10.6. The molecule has 1 atom stereocenters. The second-order valence-electron chi connectivity index (χ2n) is 6.09. The van der Waals surface area contributed by atoms with Gasteiger partial charge in [0.25, 0.3) is 0 Å². The van der Waals surface area contributed by atoms with E-state index in [4.69, 9.17) is 0 Å². The number of hydrogen-bond acceptors (Lipinski definition) is 2. The van der Waals surface area contributed by atoms with E-state index in [1.807, 2.05) is 30.1 Å². The Morgan fingerprint density at radius 2 is 2.05 bits per heavy atom. The second kappa shape index (κ2) is 7.97. The number of nitrogens with zero attached hydrogens (tertiary/aromatic N) is 2. The van der Waals surface area contributed by atoms with Crippen molar-refractivity contribution in [2.45, 2.75) is 32.6 Å². The smallest absolute Gasteiger partial charge is 0.227 e. The molecule has 4 nitrogen and oxygen atoms in total. The predicted molar refractivity (Wildman–Crippen MR) is 87.4 cm³/mol. The van der Waals surface area contributed by atoms with E-state index in [-0.39, 0.29) is 17.7 Å². The van der Waals surface area contributed by atoms with Gasteiger partial charge in [0.15, 0.2) is 0 Å². The van der Waals surface area contributed by atoms with E-state index in [0.717, 1.165) is 25.8 Å². The van der Waals surface area contributed by atoms with Gasteiger partial charge in [0.2, 0.25) is 11.8 Å². The van der Waals surface area contributed by atoms with Crippen molar-refractivity contribution < 1.29 is 9.59 Å². The van der Waals surface area contributed by atoms with Crippen molar-refractivity contribution in [1.29, 1.82) is 0 Å². The molecule has 0 bridgehead atoms. The number of rotatable bonds is 7. The van der Waals surface area contributed by atoms with Gasteiger partial charge in [-0.1, -0.05) is 43.7 Å². The summed E-state index contributed by atoms with van der Waals surface area (Å²) < 4.78 is 0. The molecule has 1 aromatic carbocycles. The van der Waals surface area contributed by atoms with Crippen LogP contribution < -0.4 is 0 Å². The molecule has 1 heterocycles. The first-order valence-corrected chi connectivity index (χ1v) is 8.18. The molecule has 4 heteroatoms. The average molecular weight is 302 g/mol. The Morgan fingerprint density at radius 3 is 2.73 bits per heavy atom. The fraction of sp³-hybridized carbons (Fsp3) is 0.556. The summed E-state index contributed by atoms with van der Waals surface area (Å²) in [7, 11) is 1.84. The molecule has 1 unspecified atom stereocenters. The van der Waals surface area contributed by atoms with Crippen LogP contribution in [0.4, 0.5) is 0 Å². The third kappa shape index (κ3) is 4.33. The minimum Gasteiger partial charge on any atom is -0.345 e. The van der Waals surface area contributed by atoms with E-state index in [1.165, 1.54) is 5.56 Å². The predicted octanol–water partition coefficient (Wildman–Crippen LogP) is 2.34. The average Bonchev–Trinajstić information content (AvgIpc) is 2.91. The zero-order chi connectivity index (χ0) is 15.9. The third-order valence-corrected chi connectivity index (χ3v) is 4.30. The molecule has 2 rings (SSSR count). The summed E-state index contributed by atoms with van der Waals surface area (Å²) in [5.41, 5.74) is 1.23. The van der Waals surface area contributed by atoms with Crippen molar-refractivity contribution in [2.24, 2.45) is 5.92 Å². The third-order valence-electron chi connectivity index (χ3n) is 4.30. The van der Waals surface area contributed by atoms with Crippen LogP contribution in [0.15, 0.2) is 30.3 Å². The van der Waals surface area contributed by atoms with Crippen LogP contribution in [0.25, 0.3) is 0 Å². The molecule has 22 heavy (non-hydrogen) atoms. The number of carbonyl (C=O) groups excluding carboxylic acids is 2. The molecule has 1 fully saturated rings. The lowest BCUT2D eigenvalue weighted by Gasteiger charge is -2.21. The highest BCUT2D eigenvalue weighted by Crippen LogP contribution is 2.20. The van der Waals surface area contributed by atoms with Crippen molar-refractivity contribution in [3.63, 3.8) is 0 Å². The Hall–Kier alpha value is -1.84. The van der Waals surface area contributed by atoms with Gasteiger partial charge in [0.05, 0.1) is 5.92 Å². The minimum atomic E-state index is -0.162. The van der Waals surface area contributed by atoms with Crippen LogP contribution in [0.5, 0.6) is 0 Å². The van der Waals surface area contributed by atoms with Crippen molar-refractivity contribution in [2.75, 3.05) is 26.7 Å². The summed E-state index contributed by atoms with van der Waals surface area (Å²) in [6, 6.07) is 10.2. The molecule has 0 aliphatic carbocycles. The Bertz CT molecular complexity index is 501. The van der Waals surface area contributed by atoms with Crippen LogP contribution in [0.2, 0.25) is 0 Å². The fourth-order valence-electron chi connectivity index (χ4n) is 2.88. The number of likely N-dealkylation sites (tertiary alicyclic amines) is 1. The standard InChI is InChI=1S/C18H26N2O2/c1-3-4-11-19(2)18(22)16-13-17(21)20(14-16)12-10-15-8-6-5-7-9-15/h5-9,16H,3-4,10-14H2,1-2H3. The Balaban J connectivity index is 1.84. The van der Waals surface area contributed by atoms with Crippen LogP contribution in [0.1, 0.15) is 31.7 Å². The molecular formula is C18H26N2O2. The topological polar surface area (TPSA) is 40.6 Å². The maximum Gasteiger partial charge on any atom is 0.227 e. The molecule has 2 amide bonds. The largest absolute Gasteiger partial charge is 0.345 e. The lowest BCUT2D eigenvalue weighted by Crippen LogP contribution is -2.35. The highest BCUT2D eigenvalue weighted by molar-refractivity contribution is 5.89. The van der Waals surface area contributed by atoms with E-state index < -0.39 is 0 Å². The van der Waals surface area contributed by atoms with E-state index >= 15 is 0 Å². The maximum atomic E-state index is 12.4. The molecule has 0 aromatic heterocycles. The van der Waals surface area contributed by atoms with Gasteiger partial charge in [-0.2, -0.15) is 0 Å². The van der Waals surface area contributed by atoms with Crippen LogP contribution in [-0.4, -0.2) is 48.3 Å². The molecule has 1 saturated heterocycles. The summed E-state index contributed by atoms with van der Waals surface area (Å²) in [5, 5.41) is 0. The van der Waals surface area contributed by atoms with Crippen molar-refractivity contribution in [3.05, 3.63) is 35.9 Å². The molecule has 1 aliphatic rings. The van der Waals surface area contributed by atoms with Crippen LogP contribution in [0.3, 0.4) is 0 Å². The molecule has 120 valence electrons. The van der Waals surface area contributed by atoms with Gasteiger partial charge in [0.1, 0.15) is 0 Å². The highest BCUT2D eigenvalue weighted by Gasteiger charge is 2.35. The summed E-state index contributed by atoms with van der Waals surface area (Å²) in [6.45, 7) is 4.17. The number of hydrogen-bond donors (Lipinski definition) is 0. The number of benzene rings is 1. The van der Waals surface area contributed by atoms with Gasteiger partial charge in [0, 0.05) is 33.1 Å². The van der Waals surface area contributed by atoms with Crippen molar-refractivity contribution in [1.82, 2.24) is 9.80 Å². The molecule has 0 radical (unpaired) electrons.